The third-order valence-corrected chi connectivity index (χ3v) is 2.28. The van der Waals surface area contributed by atoms with E-state index >= 15 is 0 Å². The normalized spacial score (nSPS) is 11.7. The van der Waals surface area contributed by atoms with Crippen LogP contribution in [-0.2, 0) is 16.1 Å². The predicted octanol–water partition coefficient (Wildman–Crippen LogP) is -0.0958. The van der Waals surface area contributed by atoms with Gasteiger partial charge in [0.15, 0.2) is 6.61 Å². The summed E-state index contributed by atoms with van der Waals surface area (Å²) in [4.78, 5) is 22.0. The van der Waals surface area contributed by atoms with Gasteiger partial charge in [-0.15, -0.1) is 0 Å². The molecular weight excluding hydrogens is 246 g/mol. The standard InChI is InChI=1S/C13H19N3O3/c1-9(14)5-13(18)16-7-10-3-2-4-11(6-10)19-8-12(15)17/h2-4,6,9H,5,7-8,14H2,1H3,(H2,15,17)(H,16,18). The van der Waals surface area contributed by atoms with E-state index in [9.17, 15) is 9.59 Å². The minimum Gasteiger partial charge on any atom is -0.484 e. The molecule has 1 unspecified atom stereocenters. The number of hydrogen-bond acceptors (Lipinski definition) is 4. The van der Waals surface area contributed by atoms with Crippen LogP contribution in [0.1, 0.15) is 18.9 Å². The van der Waals surface area contributed by atoms with Crippen LogP contribution >= 0.6 is 0 Å². The zero-order valence-electron chi connectivity index (χ0n) is 10.9. The molecule has 0 fully saturated rings. The van der Waals surface area contributed by atoms with Crippen LogP contribution in [0.5, 0.6) is 5.75 Å². The van der Waals surface area contributed by atoms with Crippen LogP contribution in [0.2, 0.25) is 0 Å². The minimum atomic E-state index is -0.532. The van der Waals surface area contributed by atoms with Gasteiger partial charge in [0.1, 0.15) is 5.75 Å². The van der Waals surface area contributed by atoms with E-state index in [2.05, 4.69) is 5.32 Å². The van der Waals surface area contributed by atoms with Crippen molar-refractivity contribution in [2.45, 2.75) is 25.9 Å². The summed E-state index contributed by atoms with van der Waals surface area (Å²) in [6, 6.07) is 6.93. The summed E-state index contributed by atoms with van der Waals surface area (Å²) in [5.41, 5.74) is 11.4. The summed E-state index contributed by atoms with van der Waals surface area (Å²) in [6.45, 7) is 2.00. The molecule has 0 radical (unpaired) electrons. The molecule has 0 aromatic heterocycles. The van der Waals surface area contributed by atoms with Gasteiger partial charge in [-0.1, -0.05) is 12.1 Å². The lowest BCUT2D eigenvalue weighted by atomic mass is 10.2. The van der Waals surface area contributed by atoms with Crippen LogP contribution in [0.3, 0.4) is 0 Å². The van der Waals surface area contributed by atoms with Gasteiger partial charge in [0.2, 0.25) is 5.91 Å². The van der Waals surface area contributed by atoms with Crippen molar-refractivity contribution < 1.29 is 14.3 Å². The molecule has 1 atom stereocenters. The fraction of sp³-hybridized carbons (Fsp3) is 0.385. The lowest BCUT2D eigenvalue weighted by Crippen LogP contribution is -2.29. The van der Waals surface area contributed by atoms with E-state index in [-0.39, 0.29) is 25.0 Å². The Morgan fingerprint density at radius 1 is 1.42 bits per heavy atom. The molecule has 5 N–H and O–H groups in total. The zero-order valence-corrected chi connectivity index (χ0v) is 10.9. The highest BCUT2D eigenvalue weighted by Gasteiger charge is 2.05. The van der Waals surface area contributed by atoms with E-state index in [0.717, 1.165) is 5.56 Å². The Balaban J connectivity index is 2.48. The molecule has 1 aromatic carbocycles. The van der Waals surface area contributed by atoms with Crippen molar-refractivity contribution in [3.05, 3.63) is 29.8 Å². The van der Waals surface area contributed by atoms with Crippen LogP contribution in [0.25, 0.3) is 0 Å². The van der Waals surface area contributed by atoms with Crippen molar-refractivity contribution in [1.82, 2.24) is 5.32 Å². The average molecular weight is 265 g/mol. The van der Waals surface area contributed by atoms with Gasteiger partial charge < -0.3 is 21.5 Å². The average Bonchev–Trinajstić information content (AvgIpc) is 2.34. The Kier molecular flexibility index (Phi) is 5.81. The molecule has 104 valence electrons. The molecule has 19 heavy (non-hydrogen) atoms. The zero-order chi connectivity index (χ0) is 14.3. The molecule has 0 aliphatic rings. The molecule has 0 aliphatic carbocycles. The smallest absolute Gasteiger partial charge is 0.255 e. The number of nitrogens with two attached hydrogens (primary N) is 2. The van der Waals surface area contributed by atoms with Gasteiger partial charge in [0, 0.05) is 19.0 Å². The number of benzene rings is 1. The summed E-state index contributed by atoms with van der Waals surface area (Å²) in [5.74, 6) is -0.0909. The Morgan fingerprint density at radius 3 is 2.79 bits per heavy atom. The molecule has 2 amide bonds. The van der Waals surface area contributed by atoms with Gasteiger partial charge in [-0.3, -0.25) is 9.59 Å². The van der Waals surface area contributed by atoms with E-state index < -0.39 is 5.91 Å². The summed E-state index contributed by atoms with van der Waals surface area (Å²) in [6.07, 6.45) is 0.290. The van der Waals surface area contributed by atoms with Crippen molar-refractivity contribution in [2.75, 3.05) is 6.61 Å². The highest BCUT2D eigenvalue weighted by molar-refractivity contribution is 5.76. The van der Waals surface area contributed by atoms with Gasteiger partial charge >= 0.3 is 0 Å². The van der Waals surface area contributed by atoms with Crippen LogP contribution < -0.4 is 21.5 Å². The van der Waals surface area contributed by atoms with E-state index in [4.69, 9.17) is 16.2 Å². The highest BCUT2D eigenvalue weighted by atomic mass is 16.5. The second kappa shape index (κ2) is 7.38. The van der Waals surface area contributed by atoms with Crippen molar-refractivity contribution in [2.24, 2.45) is 11.5 Å². The number of carbonyl (C=O) groups excluding carboxylic acids is 2. The molecule has 0 heterocycles. The van der Waals surface area contributed by atoms with E-state index in [1.54, 1.807) is 25.1 Å². The summed E-state index contributed by atoms with van der Waals surface area (Å²) < 4.78 is 5.17. The number of ether oxygens (including phenoxy) is 1. The van der Waals surface area contributed by atoms with Crippen LogP contribution in [0, 0.1) is 0 Å². The van der Waals surface area contributed by atoms with Gasteiger partial charge in [-0.05, 0) is 24.6 Å². The third-order valence-electron chi connectivity index (χ3n) is 2.28. The van der Waals surface area contributed by atoms with Crippen molar-refractivity contribution >= 4 is 11.8 Å². The van der Waals surface area contributed by atoms with E-state index in [1.165, 1.54) is 0 Å². The fourth-order valence-corrected chi connectivity index (χ4v) is 1.46. The third kappa shape index (κ3) is 6.42. The molecule has 0 spiro atoms. The molecule has 1 aromatic rings. The minimum absolute atomic E-state index is 0.0987. The van der Waals surface area contributed by atoms with Crippen molar-refractivity contribution in [1.29, 1.82) is 0 Å². The van der Waals surface area contributed by atoms with Gasteiger partial charge in [-0.2, -0.15) is 0 Å². The second-order valence-electron chi connectivity index (χ2n) is 4.36. The molecule has 0 saturated heterocycles. The van der Waals surface area contributed by atoms with Gasteiger partial charge in [-0.25, -0.2) is 0 Å². The second-order valence-corrected chi connectivity index (χ2v) is 4.36. The van der Waals surface area contributed by atoms with Crippen LogP contribution in [0.15, 0.2) is 24.3 Å². The largest absolute Gasteiger partial charge is 0.484 e. The number of rotatable bonds is 7. The first-order valence-corrected chi connectivity index (χ1v) is 5.99. The fourth-order valence-electron chi connectivity index (χ4n) is 1.46. The predicted molar refractivity (Wildman–Crippen MR) is 71.2 cm³/mol. The Labute approximate surface area is 112 Å². The summed E-state index contributed by atoms with van der Waals surface area (Å²) in [7, 11) is 0. The van der Waals surface area contributed by atoms with Crippen molar-refractivity contribution in [3.8, 4) is 5.75 Å². The molecule has 0 aliphatic heterocycles. The monoisotopic (exact) mass is 265 g/mol. The van der Waals surface area contributed by atoms with E-state index in [1.807, 2.05) is 6.07 Å². The summed E-state index contributed by atoms with van der Waals surface area (Å²) >= 11 is 0. The molecule has 0 saturated carbocycles. The topological polar surface area (TPSA) is 107 Å². The number of hydrogen-bond donors (Lipinski definition) is 3. The number of nitrogens with one attached hydrogen (secondary N) is 1. The first kappa shape index (κ1) is 15.0. The number of carbonyl (C=O) groups is 2. The maximum absolute atomic E-state index is 11.4. The number of amides is 2. The summed E-state index contributed by atoms with van der Waals surface area (Å²) in [5, 5.41) is 2.76. The SMILES string of the molecule is CC(N)CC(=O)NCc1cccc(OCC(N)=O)c1. The number of primary amides is 1. The van der Waals surface area contributed by atoms with Crippen LogP contribution in [-0.4, -0.2) is 24.5 Å². The quantitative estimate of drug-likeness (QED) is 0.640. The molecular formula is C13H19N3O3. The Bertz CT molecular complexity index is 447. The first-order valence-electron chi connectivity index (χ1n) is 5.99. The molecule has 0 bridgehead atoms. The van der Waals surface area contributed by atoms with Gasteiger partial charge in [0.05, 0.1) is 0 Å². The maximum Gasteiger partial charge on any atom is 0.255 e. The first-order chi connectivity index (χ1) is 8.97. The lowest BCUT2D eigenvalue weighted by molar-refractivity contribution is -0.121. The maximum atomic E-state index is 11.4. The van der Waals surface area contributed by atoms with Crippen LogP contribution in [0.4, 0.5) is 0 Å². The molecule has 1 rings (SSSR count). The van der Waals surface area contributed by atoms with E-state index in [0.29, 0.717) is 12.3 Å². The molecule has 6 heteroatoms. The highest BCUT2D eigenvalue weighted by Crippen LogP contribution is 2.13. The van der Waals surface area contributed by atoms with Crippen molar-refractivity contribution in [3.63, 3.8) is 0 Å². The lowest BCUT2D eigenvalue weighted by Gasteiger charge is -2.09. The molecule has 6 nitrogen and oxygen atoms in total. The van der Waals surface area contributed by atoms with Gasteiger partial charge in [0.25, 0.3) is 5.91 Å². The Hall–Kier alpha value is -2.08. The Morgan fingerprint density at radius 2 is 2.16 bits per heavy atom.